The lowest BCUT2D eigenvalue weighted by Crippen LogP contribution is -2.30. The Morgan fingerprint density at radius 3 is 2.38 bits per heavy atom. The Morgan fingerprint density at radius 1 is 1.19 bits per heavy atom. The van der Waals surface area contributed by atoms with Crippen molar-refractivity contribution < 1.29 is 0 Å². The van der Waals surface area contributed by atoms with Gasteiger partial charge in [-0.1, -0.05) is 0 Å². The van der Waals surface area contributed by atoms with Crippen LogP contribution in [0, 0.1) is 6.57 Å². The maximum atomic E-state index is 11.3. The third-order valence-electron chi connectivity index (χ3n) is 1.66. The molecular weight excluding hydrogens is 305 g/mol. The number of aromatic amines is 3. The van der Waals surface area contributed by atoms with E-state index in [0.29, 0.717) is 4.68 Å². The Kier molecular flexibility index (Phi) is 3.70. The SMILES string of the molecule is ClBr.[C-]#[N+]n1c(=O)[nH]c2[nH]c(=O)[nH]c2c1=O. The highest BCUT2D eigenvalue weighted by Gasteiger charge is 2.12. The normalized spacial score (nSPS) is 9.31. The maximum Gasteiger partial charge on any atom is 0.398 e. The van der Waals surface area contributed by atoms with Crippen molar-refractivity contribution in [1.82, 2.24) is 19.6 Å². The van der Waals surface area contributed by atoms with Crippen molar-refractivity contribution in [2.75, 3.05) is 0 Å². The van der Waals surface area contributed by atoms with Crippen LogP contribution >= 0.6 is 25.1 Å². The fourth-order valence-corrected chi connectivity index (χ4v) is 1.09. The summed E-state index contributed by atoms with van der Waals surface area (Å²) in [6.07, 6.45) is 0. The van der Waals surface area contributed by atoms with Gasteiger partial charge in [-0.3, -0.25) is 19.7 Å². The van der Waals surface area contributed by atoms with E-state index in [9.17, 15) is 14.4 Å². The van der Waals surface area contributed by atoms with Crippen LogP contribution < -0.4 is 16.9 Å². The van der Waals surface area contributed by atoms with Crippen molar-refractivity contribution >= 4 is 36.3 Å². The lowest BCUT2D eigenvalue weighted by atomic mass is 10.5. The molecule has 0 aliphatic carbocycles. The van der Waals surface area contributed by atoms with Gasteiger partial charge >= 0.3 is 16.9 Å². The average molecular weight is 308 g/mol. The summed E-state index contributed by atoms with van der Waals surface area (Å²) in [6.45, 7) is 6.57. The van der Waals surface area contributed by atoms with E-state index in [1.54, 1.807) is 0 Å². The monoisotopic (exact) mass is 307 g/mol. The molecule has 0 atom stereocenters. The lowest BCUT2D eigenvalue weighted by Gasteiger charge is -1.87. The first-order chi connectivity index (χ1) is 7.63. The van der Waals surface area contributed by atoms with Crippen LogP contribution in [0.2, 0.25) is 0 Å². The van der Waals surface area contributed by atoms with Gasteiger partial charge in [0.2, 0.25) is 0 Å². The van der Waals surface area contributed by atoms with Crippen molar-refractivity contribution in [3.05, 3.63) is 42.8 Å². The maximum absolute atomic E-state index is 11.3. The second-order valence-corrected chi connectivity index (χ2v) is 2.48. The van der Waals surface area contributed by atoms with Gasteiger partial charge in [-0.2, -0.15) is 6.57 Å². The Bertz CT molecular complexity index is 717. The molecule has 0 aliphatic rings. The largest absolute Gasteiger partial charge is 0.398 e. The number of aromatic nitrogens is 4. The lowest BCUT2D eigenvalue weighted by molar-refractivity contribution is 0.891. The molecule has 16 heavy (non-hydrogen) atoms. The van der Waals surface area contributed by atoms with Gasteiger partial charge in [0.25, 0.3) is 0 Å². The summed E-state index contributed by atoms with van der Waals surface area (Å²) in [5, 5.41) is 0. The second kappa shape index (κ2) is 4.82. The minimum Gasteiger partial charge on any atom is -0.300 e. The molecule has 3 N–H and O–H groups in total. The van der Waals surface area contributed by atoms with Gasteiger partial charge in [0.15, 0.2) is 5.52 Å². The van der Waals surface area contributed by atoms with Crippen LogP contribution in [0.1, 0.15) is 0 Å². The number of hydrogen-bond donors (Lipinski definition) is 3. The van der Waals surface area contributed by atoms with Crippen molar-refractivity contribution in [3.8, 4) is 0 Å². The molecule has 2 rings (SSSR count). The third kappa shape index (κ3) is 1.93. The number of fused-ring (bicyclic) bond motifs is 1. The molecule has 0 spiro atoms. The molecule has 8 nitrogen and oxygen atoms in total. The zero-order valence-electron chi connectivity index (χ0n) is 7.38. The van der Waals surface area contributed by atoms with E-state index in [1.165, 1.54) is 0 Å². The molecule has 2 heterocycles. The van der Waals surface area contributed by atoms with Crippen LogP contribution in [-0.4, -0.2) is 19.6 Å². The minimum atomic E-state index is -0.882. The van der Waals surface area contributed by atoms with Gasteiger partial charge in [0.05, 0.1) is 4.68 Å². The van der Waals surface area contributed by atoms with E-state index in [-0.39, 0.29) is 11.2 Å². The summed E-state index contributed by atoms with van der Waals surface area (Å²) >= 11 is 2.41. The average Bonchev–Trinajstić information content (AvgIpc) is 2.63. The number of rotatable bonds is 0. The van der Waals surface area contributed by atoms with E-state index in [4.69, 9.17) is 6.57 Å². The molecule has 2 aromatic heterocycles. The van der Waals surface area contributed by atoms with Crippen LogP contribution in [0.25, 0.3) is 16.1 Å². The van der Waals surface area contributed by atoms with Crippen LogP contribution in [0.3, 0.4) is 0 Å². The van der Waals surface area contributed by atoms with E-state index in [2.05, 4.69) is 45.0 Å². The number of halogens is 2. The number of imidazole rings is 1. The fourth-order valence-electron chi connectivity index (χ4n) is 1.09. The third-order valence-corrected chi connectivity index (χ3v) is 1.66. The summed E-state index contributed by atoms with van der Waals surface area (Å²) in [7, 11) is 4.45. The van der Waals surface area contributed by atoms with Crippen LogP contribution in [0.4, 0.5) is 0 Å². The topological polar surface area (TPSA) is 108 Å². The van der Waals surface area contributed by atoms with Crippen molar-refractivity contribution in [2.24, 2.45) is 0 Å². The molecule has 0 aliphatic heterocycles. The van der Waals surface area contributed by atoms with E-state index in [0.717, 1.165) is 0 Å². The first kappa shape index (κ1) is 12.3. The Labute approximate surface area is 99.0 Å². The standard InChI is InChI=1S/C6H3N5O3.BrCl/c1-7-11-4(12)2-3(10-6(11)14)9-5(13)8-2;1-2/h(H,10,14)(H2,8,9,13);. The number of H-pyrrole nitrogens is 3. The summed E-state index contributed by atoms with van der Waals surface area (Å²) in [5.41, 5.74) is -2.48. The van der Waals surface area contributed by atoms with Gasteiger partial charge in [-0.15, -0.1) is 4.95 Å². The molecule has 0 unspecified atom stereocenters. The van der Waals surface area contributed by atoms with Gasteiger partial charge in [0.1, 0.15) is 5.65 Å². The Morgan fingerprint density at radius 2 is 1.81 bits per heavy atom. The van der Waals surface area contributed by atoms with Gasteiger partial charge in [-0.05, 0) is 10.1 Å². The summed E-state index contributed by atoms with van der Waals surface area (Å²) in [5.74, 6) is 0. The number of nitrogens with one attached hydrogen (secondary N) is 3. The Hall–Kier alpha value is -1.79. The zero-order valence-corrected chi connectivity index (χ0v) is 9.72. The summed E-state index contributed by atoms with van der Waals surface area (Å²) in [4.78, 5) is 42.4. The number of hydrogen-bond acceptors (Lipinski definition) is 3. The van der Waals surface area contributed by atoms with Crippen molar-refractivity contribution in [2.45, 2.75) is 0 Å². The zero-order chi connectivity index (χ0) is 12.3. The summed E-state index contributed by atoms with van der Waals surface area (Å²) in [6, 6.07) is 0. The van der Waals surface area contributed by atoms with Crippen molar-refractivity contribution in [3.63, 3.8) is 0 Å². The highest BCUT2D eigenvalue weighted by molar-refractivity contribution is 9.22. The summed E-state index contributed by atoms with van der Waals surface area (Å²) < 4.78 is 0.298. The first-order valence-corrected chi connectivity index (χ1v) is 5.71. The Balaban J connectivity index is 0.000000606. The van der Waals surface area contributed by atoms with Crippen LogP contribution in [-0.2, 0) is 0 Å². The molecule has 0 saturated heterocycles. The molecule has 0 bridgehead atoms. The van der Waals surface area contributed by atoms with Crippen molar-refractivity contribution in [1.29, 1.82) is 0 Å². The number of nitrogens with zero attached hydrogens (tertiary/aromatic N) is 2. The molecule has 0 amide bonds. The smallest absolute Gasteiger partial charge is 0.300 e. The van der Waals surface area contributed by atoms with E-state index < -0.39 is 16.9 Å². The van der Waals surface area contributed by atoms with E-state index in [1.807, 2.05) is 0 Å². The van der Waals surface area contributed by atoms with Crippen LogP contribution in [0.5, 0.6) is 0 Å². The van der Waals surface area contributed by atoms with Gasteiger partial charge in [-0.25, -0.2) is 9.59 Å². The van der Waals surface area contributed by atoms with E-state index >= 15 is 0 Å². The second-order valence-electron chi connectivity index (χ2n) is 2.48. The highest BCUT2D eigenvalue weighted by Crippen LogP contribution is 1.91. The molecule has 0 fully saturated rings. The molecule has 84 valence electrons. The highest BCUT2D eigenvalue weighted by atomic mass is 79.9. The molecular formula is C6H3BrClN5O3. The fraction of sp³-hybridized carbons (Fsp3) is 0. The molecule has 0 aromatic carbocycles. The predicted molar refractivity (Wildman–Crippen MR) is 60.6 cm³/mol. The molecule has 2 aromatic rings. The first-order valence-electron chi connectivity index (χ1n) is 3.63. The van der Waals surface area contributed by atoms with Gasteiger partial charge < -0.3 is 0 Å². The van der Waals surface area contributed by atoms with Crippen LogP contribution in [0.15, 0.2) is 14.4 Å². The molecule has 0 radical (unpaired) electrons. The molecule has 10 heteroatoms. The van der Waals surface area contributed by atoms with Gasteiger partial charge in [0, 0.05) is 15.0 Å². The minimum absolute atomic E-state index is 0.00935. The molecule has 0 saturated carbocycles. The predicted octanol–water partition coefficient (Wildman–Crippen LogP) is -0.0763. The quantitative estimate of drug-likeness (QED) is 0.592.